The molecule has 2 atom stereocenters. The molecule has 0 aliphatic carbocycles. The van der Waals surface area contributed by atoms with Gasteiger partial charge in [0.15, 0.2) is 0 Å². The second-order valence-electron chi connectivity index (χ2n) is 7.98. The van der Waals surface area contributed by atoms with E-state index in [0.717, 1.165) is 39.8 Å². The average molecular weight is 405 g/mol. The van der Waals surface area contributed by atoms with Gasteiger partial charge in [0.2, 0.25) is 0 Å². The minimum atomic E-state index is -0.858. The third kappa shape index (κ3) is 5.01. The maximum absolute atomic E-state index is 11.1. The molecule has 0 spiro atoms. The maximum atomic E-state index is 11.1. The average Bonchev–Trinajstić information content (AvgIpc) is 3.18. The summed E-state index contributed by atoms with van der Waals surface area (Å²) in [4.78, 5) is 11.1. The first-order valence-corrected chi connectivity index (χ1v) is 10.2. The Kier molecular flexibility index (Phi) is 6.79. The van der Waals surface area contributed by atoms with E-state index in [1.54, 1.807) is 6.92 Å². The minimum absolute atomic E-state index is 0.0150. The van der Waals surface area contributed by atoms with E-state index in [1.807, 2.05) is 30.5 Å². The molecule has 0 bridgehead atoms. The summed E-state index contributed by atoms with van der Waals surface area (Å²) in [5.41, 5.74) is 4.19. The summed E-state index contributed by atoms with van der Waals surface area (Å²) >= 11 is 0. The molecule has 1 aromatic heterocycles. The van der Waals surface area contributed by atoms with Gasteiger partial charge in [0.05, 0.1) is 24.1 Å². The van der Waals surface area contributed by atoms with Crippen LogP contribution in [0.3, 0.4) is 0 Å². The van der Waals surface area contributed by atoms with Gasteiger partial charge in [-0.25, -0.2) is 0 Å². The third-order valence-electron chi connectivity index (χ3n) is 5.15. The van der Waals surface area contributed by atoms with Gasteiger partial charge in [0.1, 0.15) is 11.9 Å². The van der Waals surface area contributed by atoms with Crippen molar-refractivity contribution in [2.75, 3.05) is 0 Å². The number of aromatic amines is 1. The fraction of sp³-hybridized carbons (Fsp3) is 0.360. The highest BCUT2D eigenvalue weighted by atomic mass is 16.5. The molecule has 0 saturated heterocycles. The Balaban J connectivity index is 1.88. The molecule has 30 heavy (non-hydrogen) atoms. The highest BCUT2D eigenvalue weighted by Crippen LogP contribution is 2.33. The lowest BCUT2D eigenvalue weighted by Gasteiger charge is -2.23. The molecule has 0 aliphatic rings. The number of aliphatic carboxylic acids is 1. The summed E-state index contributed by atoms with van der Waals surface area (Å²) in [6.45, 7) is 8.15. The van der Waals surface area contributed by atoms with Crippen LogP contribution >= 0.6 is 0 Å². The Hall–Kier alpha value is -3.26. The SMILES string of the molecule is CC#CC(CC(=O)O)c1ccc(OC(CC(C)C)c2ccc(C)c3[nH]ncc23)cc1. The largest absolute Gasteiger partial charge is 0.486 e. The Morgan fingerprint density at radius 2 is 1.93 bits per heavy atom. The number of nitrogens with zero attached hydrogens (tertiary/aromatic N) is 1. The molecule has 1 heterocycles. The van der Waals surface area contributed by atoms with E-state index in [0.29, 0.717) is 5.92 Å². The van der Waals surface area contributed by atoms with Crippen LogP contribution in [0.2, 0.25) is 0 Å². The zero-order valence-corrected chi connectivity index (χ0v) is 17.9. The van der Waals surface area contributed by atoms with E-state index in [1.165, 1.54) is 0 Å². The number of carbonyl (C=O) groups is 1. The number of aryl methyl sites for hydroxylation is 1. The van der Waals surface area contributed by atoms with Gasteiger partial charge in [-0.1, -0.05) is 44.0 Å². The van der Waals surface area contributed by atoms with Crippen LogP contribution in [0, 0.1) is 24.7 Å². The summed E-state index contributed by atoms with van der Waals surface area (Å²) in [6.07, 6.45) is 2.60. The molecule has 0 saturated carbocycles. The van der Waals surface area contributed by atoms with Crippen molar-refractivity contribution in [2.45, 2.75) is 52.6 Å². The first-order valence-electron chi connectivity index (χ1n) is 10.2. The van der Waals surface area contributed by atoms with Crippen LogP contribution < -0.4 is 4.74 Å². The molecule has 5 nitrogen and oxygen atoms in total. The van der Waals surface area contributed by atoms with Gasteiger partial charge in [0.25, 0.3) is 0 Å². The van der Waals surface area contributed by atoms with Crippen molar-refractivity contribution in [1.82, 2.24) is 10.2 Å². The minimum Gasteiger partial charge on any atom is -0.486 e. The van der Waals surface area contributed by atoms with Crippen LogP contribution in [0.1, 0.15) is 62.3 Å². The van der Waals surface area contributed by atoms with Crippen molar-refractivity contribution >= 4 is 16.9 Å². The van der Waals surface area contributed by atoms with Crippen LogP contribution in [0.4, 0.5) is 0 Å². The molecule has 156 valence electrons. The topological polar surface area (TPSA) is 75.2 Å². The van der Waals surface area contributed by atoms with Crippen molar-refractivity contribution in [2.24, 2.45) is 5.92 Å². The molecule has 2 unspecified atom stereocenters. The molecule has 0 aliphatic heterocycles. The van der Waals surface area contributed by atoms with Crippen molar-refractivity contribution in [3.8, 4) is 17.6 Å². The molecular weight excluding hydrogens is 376 g/mol. The van der Waals surface area contributed by atoms with Crippen molar-refractivity contribution in [3.05, 3.63) is 59.3 Å². The Labute approximate surface area is 177 Å². The third-order valence-corrected chi connectivity index (χ3v) is 5.15. The number of carboxylic acid groups (broad SMARTS) is 1. The van der Waals surface area contributed by atoms with Gasteiger partial charge < -0.3 is 9.84 Å². The first kappa shape index (κ1) is 21.4. The standard InChI is InChI=1S/C25H28N2O3/c1-5-6-19(14-24(28)29)18-8-10-20(11-9-18)30-23(13-16(2)3)21-12-7-17(4)25-22(21)15-26-27-25/h7-12,15-16,19,23H,13-14H2,1-4H3,(H,26,27)(H,28,29). The lowest BCUT2D eigenvalue weighted by atomic mass is 9.95. The van der Waals surface area contributed by atoms with Crippen molar-refractivity contribution in [1.29, 1.82) is 0 Å². The number of benzene rings is 2. The molecule has 5 heteroatoms. The summed E-state index contributed by atoms with van der Waals surface area (Å²) in [6, 6.07) is 11.8. The predicted molar refractivity (Wildman–Crippen MR) is 119 cm³/mol. The fourth-order valence-corrected chi connectivity index (χ4v) is 3.69. The van der Waals surface area contributed by atoms with Crippen LogP contribution in [0.5, 0.6) is 5.75 Å². The molecule has 0 amide bonds. The molecular formula is C25H28N2O3. The second-order valence-corrected chi connectivity index (χ2v) is 7.98. The molecule has 0 fully saturated rings. The number of carboxylic acids is 1. The molecule has 2 aromatic carbocycles. The van der Waals surface area contributed by atoms with Crippen LogP contribution in [-0.2, 0) is 4.79 Å². The van der Waals surface area contributed by atoms with Crippen LogP contribution in [0.25, 0.3) is 10.9 Å². The highest BCUT2D eigenvalue weighted by Gasteiger charge is 2.20. The van der Waals surface area contributed by atoms with E-state index < -0.39 is 5.97 Å². The van der Waals surface area contributed by atoms with Gasteiger partial charge in [-0.3, -0.25) is 9.89 Å². The normalized spacial score (nSPS) is 13.0. The Morgan fingerprint density at radius 1 is 1.20 bits per heavy atom. The summed E-state index contributed by atoms with van der Waals surface area (Å²) in [5, 5.41) is 17.5. The number of hydrogen-bond donors (Lipinski definition) is 2. The molecule has 3 aromatic rings. The molecule has 3 rings (SSSR count). The van der Waals surface area contributed by atoms with Gasteiger partial charge in [-0.05, 0) is 49.4 Å². The lowest BCUT2D eigenvalue weighted by Crippen LogP contribution is -2.11. The summed E-state index contributed by atoms with van der Waals surface area (Å²) < 4.78 is 6.41. The van der Waals surface area contributed by atoms with E-state index in [2.05, 4.69) is 54.9 Å². The summed E-state index contributed by atoms with van der Waals surface area (Å²) in [7, 11) is 0. The smallest absolute Gasteiger partial charge is 0.304 e. The zero-order valence-electron chi connectivity index (χ0n) is 17.9. The second kappa shape index (κ2) is 9.49. The van der Waals surface area contributed by atoms with Gasteiger partial charge in [-0.2, -0.15) is 5.10 Å². The zero-order chi connectivity index (χ0) is 21.7. The number of ether oxygens (including phenoxy) is 1. The Bertz CT molecular complexity index is 1070. The van der Waals surface area contributed by atoms with E-state index in [-0.39, 0.29) is 18.4 Å². The fourth-order valence-electron chi connectivity index (χ4n) is 3.69. The van der Waals surface area contributed by atoms with E-state index >= 15 is 0 Å². The van der Waals surface area contributed by atoms with Crippen LogP contribution in [-0.4, -0.2) is 21.3 Å². The van der Waals surface area contributed by atoms with Gasteiger partial charge >= 0.3 is 5.97 Å². The van der Waals surface area contributed by atoms with Crippen molar-refractivity contribution in [3.63, 3.8) is 0 Å². The predicted octanol–water partition coefficient (Wildman–Crippen LogP) is 5.62. The number of fused-ring (bicyclic) bond motifs is 1. The number of aromatic nitrogens is 2. The lowest BCUT2D eigenvalue weighted by molar-refractivity contribution is -0.137. The first-order chi connectivity index (χ1) is 14.4. The maximum Gasteiger partial charge on any atom is 0.304 e. The van der Waals surface area contributed by atoms with Crippen molar-refractivity contribution < 1.29 is 14.6 Å². The van der Waals surface area contributed by atoms with Gasteiger partial charge in [0, 0.05) is 10.9 Å². The number of rotatable bonds is 8. The van der Waals surface area contributed by atoms with E-state index in [4.69, 9.17) is 9.84 Å². The van der Waals surface area contributed by atoms with Gasteiger partial charge in [-0.15, -0.1) is 5.92 Å². The summed E-state index contributed by atoms with van der Waals surface area (Å²) in [5.74, 6) is 5.83. The van der Waals surface area contributed by atoms with Crippen LogP contribution in [0.15, 0.2) is 42.6 Å². The quantitative estimate of drug-likeness (QED) is 0.478. The molecule has 2 N–H and O–H groups in total. The highest BCUT2D eigenvalue weighted by molar-refractivity contribution is 5.84. The number of nitrogens with one attached hydrogen (secondary N) is 1. The number of H-pyrrole nitrogens is 1. The van der Waals surface area contributed by atoms with E-state index in [9.17, 15) is 4.79 Å². The molecule has 0 radical (unpaired) electrons. The monoisotopic (exact) mass is 404 g/mol. The number of hydrogen-bond acceptors (Lipinski definition) is 3. The Morgan fingerprint density at radius 3 is 2.57 bits per heavy atom.